The molecule has 0 bridgehead atoms. The van der Waals surface area contributed by atoms with Crippen molar-refractivity contribution in [3.8, 4) is 5.75 Å². The molecular formula is C8H8N4O3. The van der Waals surface area contributed by atoms with Crippen LogP contribution in [-0.2, 0) is 0 Å². The number of rotatable bonds is 1. The van der Waals surface area contributed by atoms with Crippen LogP contribution in [-0.4, -0.2) is 17.4 Å². The molecule has 1 aliphatic rings. The third kappa shape index (κ3) is 1.66. The van der Waals surface area contributed by atoms with Crippen molar-refractivity contribution in [3.05, 3.63) is 28.3 Å². The largest absolute Gasteiger partial charge is 0.483 e. The number of nitrogens with two attached hydrogens (primary N) is 1. The maximum Gasteiger partial charge on any atom is 0.273 e. The standard InChI is InChI=1S/C8H8N4O3/c9-11-8-4-15-7-3-5(12(13)14)1-2-6(7)10-8/h1-3H,4,9H2,(H,10,11). The number of nitro groups is 1. The lowest BCUT2D eigenvalue weighted by atomic mass is 10.2. The minimum atomic E-state index is -0.476. The number of nitro benzene ring substituents is 1. The van der Waals surface area contributed by atoms with Gasteiger partial charge in [-0.1, -0.05) is 0 Å². The van der Waals surface area contributed by atoms with Gasteiger partial charge >= 0.3 is 0 Å². The number of nitrogens with one attached hydrogen (secondary N) is 1. The summed E-state index contributed by atoms with van der Waals surface area (Å²) in [5.41, 5.74) is 0.611. The van der Waals surface area contributed by atoms with Crippen molar-refractivity contribution in [3.63, 3.8) is 0 Å². The van der Waals surface area contributed by atoms with Crippen LogP contribution >= 0.6 is 0 Å². The minimum absolute atomic E-state index is 0.0105. The monoisotopic (exact) mass is 208 g/mol. The Labute approximate surface area is 84.7 Å². The van der Waals surface area contributed by atoms with Gasteiger partial charge in [-0.25, -0.2) is 0 Å². The van der Waals surface area contributed by atoms with Gasteiger partial charge in [-0.15, -0.1) is 0 Å². The van der Waals surface area contributed by atoms with Gasteiger partial charge in [0.25, 0.3) is 5.69 Å². The van der Waals surface area contributed by atoms with Gasteiger partial charge in [0.15, 0.2) is 5.84 Å². The minimum Gasteiger partial charge on any atom is -0.483 e. The topological polar surface area (TPSA) is 103 Å². The van der Waals surface area contributed by atoms with Crippen molar-refractivity contribution in [1.29, 1.82) is 0 Å². The number of ether oxygens (including phenoxy) is 1. The fourth-order valence-electron chi connectivity index (χ4n) is 1.25. The number of hydrazone groups is 1. The van der Waals surface area contributed by atoms with Crippen LogP contribution in [0.4, 0.5) is 11.4 Å². The van der Waals surface area contributed by atoms with Crippen molar-refractivity contribution >= 4 is 17.2 Å². The molecule has 0 saturated carbocycles. The fourth-order valence-corrected chi connectivity index (χ4v) is 1.25. The van der Waals surface area contributed by atoms with Crippen LogP contribution in [0, 0.1) is 10.1 Å². The molecule has 0 saturated heterocycles. The predicted octanol–water partition coefficient (Wildman–Crippen LogP) is 0.671. The summed E-state index contributed by atoms with van der Waals surface area (Å²) in [5.74, 6) is 5.99. The number of benzene rings is 1. The van der Waals surface area contributed by atoms with Gasteiger partial charge in [-0.2, -0.15) is 5.10 Å². The van der Waals surface area contributed by atoms with Gasteiger partial charge in [-0.3, -0.25) is 10.1 Å². The quantitative estimate of drug-likeness (QED) is 0.401. The lowest BCUT2D eigenvalue weighted by molar-refractivity contribution is -0.384. The first-order valence-electron chi connectivity index (χ1n) is 4.15. The molecule has 0 aliphatic carbocycles. The first-order chi connectivity index (χ1) is 7.20. The Morgan fingerprint density at radius 3 is 3.07 bits per heavy atom. The molecule has 0 radical (unpaired) electrons. The molecule has 78 valence electrons. The molecule has 0 spiro atoms. The van der Waals surface area contributed by atoms with E-state index in [1.54, 1.807) is 6.07 Å². The normalized spacial score (nSPS) is 16.4. The maximum atomic E-state index is 10.5. The fraction of sp³-hybridized carbons (Fsp3) is 0.125. The highest BCUT2D eigenvalue weighted by Gasteiger charge is 2.17. The van der Waals surface area contributed by atoms with Gasteiger partial charge in [-0.05, 0) is 6.07 Å². The van der Waals surface area contributed by atoms with E-state index in [0.29, 0.717) is 17.3 Å². The smallest absolute Gasteiger partial charge is 0.273 e. The summed E-state index contributed by atoms with van der Waals surface area (Å²) < 4.78 is 5.24. The first-order valence-corrected chi connectivity index (χ1v) is 4.15. The van der Waals surface area contributed by atoms with Crippen LogP contribution in [0.2, 0.25) is 0 Å². The van der Waals surface area contributed by atoms with E-state index in [1.807, 2.05) is 0 Å². The predicted molar refractivity (Wildman–Crippen MR) is 53.8 cm³/mol. The van der Waals surface area contributed by atoms with Crippen molar-refractivity contribution in [1.82, 2.24) is 0 Å². The van der Waals surface area contributed by atoms with E-state index in [1.165, 1.54) is 12.1 Å². The Morgan fingerprint density at radius 2 is 2.40 bits per heavy atom. The van der Waals surface area contributed by atoms with Crippen molar-refractivity contribution < 1.29 is 9.66 Å². The zero-order valence-electron chi connectivity index (χ0n) is 7.64. The molecule has 7 heteroatoms. The van der Waals surface area contributed by atoms with E-state index in [-0.39, 0.29) is 12.3 Å². The van der Waals surface area contributed by atoms with Crippen LogP contribution in [0.3, 0.4) is 0 Å². The third-order valence-electron chi connectivity index (χ3n) is 1.98. The average Bonchev–Trinajstić information content (AvgIpc) is 2.27. The third-order valence-corrected chi connectivity index (χ3v) is 1.98. The van der Waals surface area contributed by atoms with Crippen LogP contribution in [0.1, 0.15) is 0 Å². The average molecular weight is 208 g/mol. The molecule has 0 aromatic heterocycles. The van der Waals surface area contributed by atoms with Crippen LogP contribution in [0.5, 0.6) is 5.75 Å². The summed E-state index contributed by atoms with van der Waals surface area (Å²) in [6.45, 7) is 0.185. The van der Waals surface area contributed by atoms with E-state index in [9.17, 15) is 10.1 Å². The summed E-state index contributed by atoms with van der Waals surface area (Å²) in [6, 6.07) is 4.29. The van der Waals surface area contributed by atoms with E-state index in [2.05, 4.69) is 10.4 Å². The Morgan fingerprint density at radius 1 is 1.60 bits per heavy atom. The van der Waals surface area contributed by atoms with Gasteiger partial charge in [0.2, 0.25) is 0 Å². The second-order valence-electron chi connectivity index (χ2n) is 2.93. The summed E-state index contributed by atoms with van der Waals surface area (Å²) in [7, 11) is 0. The summed E-state index contributed by atoms with van der Waals surface area (Å²) in [4.78, 5) is 10.0. The number of nitrogens with zero attached hydrogens (tertiary/aromatic N) is 2. The molecule has 0 fully saturated rings. The number of amidine groups is 1. The van der Waals surface area contributed by atoms with E-state index in [0.717, 1.165) is 0 Å². The number of anilines is 1. The highest BCUT2D eigenvalue weighted by molar-refractivity contribution is 5.99. The molecular weight excluding hydrogens is 200 g/mol. The molecule has 1 heterocycles. The van der Waals surface area contributed by atoms with Gasteiger partial charge in [0.05, 0.1) is 16.7 Å². The SMILES string of the molecule is NN=C1COc2cc([N+](=O)[O-])ccc2N1. The number of hydrogen-bond donors (Lipinski definition) is 2. The molecule has 1 aromatic rings. The molecule has 0 unspecified atom stereocenters. The molecule has 1 aromatic carbocycles. The lowest BCUT2D eigenvalue weighted by Crippen LogP contribution is -2.27. The molecule has 3 N–H and O–H groups in total. The molecule has 7 nitrogen and oxygen atoms in total. The van der Waals surface area contributed by atoms with E-state index in [4.69, 9.17) is 10.6 Å². The van der Waals surface area contributed by atoms with Crippen molar-refractivity contribution in [2.75, 3.05) is 11.9 Å². The number of hydrogen-bond acceptors (Lipinski definition) is 5. The number of fused-ring (bicyclic) bond motifs is 1. The molecule has 0 amide bonds. The Balaban J connectivity index is 2.36. The first kappa shape index (κ1) is 9.25. The summed E-state index contributed by atoms with van der Waals surface area (Å²) in [5, 5.41) is 16.8. The molecule has 2 rings (SSSR count). The second kappa shape index (κ2) is 3.45. The van der Waals surface area contributed by atoms with E-state index < -0.39 is 4.92 Å². The Hall–Kier alpha value is -2.31. The van der Waals surface area contributed by atoms with Crippen LogP contribution in [0.25, 0.3) is 0 Å². The van der Waals surface area contributed by atoms with Gasteiger partial charge < -0.3 is 15.9 Å². The molecule has 15 heavy (non-hydrogen) atoms. The lowest BCUT2D eigenvalue weighted by Gasteiger charge is -2.19. The van der Waals surface area contributed by atoms with Crippen LogP contribution < -0.4 is 15.9 Å². The zero-order valence-corrected chi connectivity index (χ0v) is 7.64. The van der Waals surface area contributed by atoms with Crippen molar-refractivity contribution in [2.24, 2.45) is 10.9 Å². The summed E-state index contributed by atoms with van der Waals surface area (Å²) in [6.07, 6.45) is 0. The van der Waals surface area contributed by atoms with E-state index >= 15 is 0 Å². The number of non-ortho nitro benzene ring substituents is 1. The maximum absolute atomic E-state index is 10.5. The Bertz CT molecular complexity index is 444. The zero-order chi connectivity index (χ0) is 10.8. The van der Waals surface area contributed by atoms with Gasteiger partial charge in [0.1, 0.15) is 12.4 Å². The molecule has 1 aliphatic heterocycles. The second-order valence-corrected chi connectivity index (χ2v) is 2.93. The van der Waals surface area contributed by atoms with Gasteiger partial charge in [0, 0.05) is 6.07 Å². The van der Waals surface area contributed by atoms with Crippen molar-refractivity contribution in [2.45, 2.75) is 0 Å². The highest BCUT2D eigenvalue weighted by Crippen LogP contribution is 2.31. The summed E-state index contributed by atoms with van der Waals surface area (Å²) >= 11 is 0. The van der Waals surface area contributed by atoms with Crippen LogP contribution in [0.15, 0.2) is 23.3 Å². The molecule has 0 atom stereocenters. The Kier molecular flexibility index (Phi) is 2.13. The highest BCUT2D eigenvalue weighted by atomic mass is 16.6.